The van der Waals surface area contributed by atoms with Crippen molar-refractivity contribution in [3.63, 3.8) is 0 Å². The van der Waals surface area contributed by atoms with Crippen molar-refractivity contribution >= 4 is 11.9 Å². The van der Waals surface area contributed by atoms with Gasteiger partial charge in [0.1, 0.15) is 0 Å². The van der Waals surface area contributed by atoms with Crippen molar-refractivity contribution in [2.45, 2.75) is 302 Å². The highest BCUT2D eigenvalue weighted by atomic mass is 16.5. The molecule has 6 nitrogen and oxygen atoms in total. The molecule has 0 aliphatic carbocycles. The SMILES string of the molecule is CCCCCCCC/C=C\CCCCCCCCCCCC(=O)OCCCCCCCCCCCCCCCC(=O)NC(CO)C(O)CCCCCCCCCCCC. The summed E-state index contributed by atoms with van der Waals surface area (Å²) in [6.45, 7) is 4.91. The summed E-state index contributed by atoms with van der Waals surface area (Å²) >= 11 is 0. The van der Waals surface area contributed by atoms with Gasteiger partial charge in [0.15, 0.2) is 0 Å². The topological polar surface area (TPSA) is 95.9 Å². The predicted octanol–water partition coefficient (Wildman–Crippen LogP) is 15.7. The fourth-order valence-electron chi connectivity index (χ4n) is 8.22. The lowest BCUT2D eigenvalue weighted by Crippen LogP contribution is -2.45. The summed E-state index contributed by atoms with van der Waals surface area (Å²) in [5.74, 6) is -0.0548. The first-order valence-electron chi connectivity index (χ1n) is 26.4. The van der Waals surface area contributed by atoms with Crippen molar-refractivity contribution in [1.29, 1.82) is 0 Å². The number of esters is 1. The number of amides is 1. The molecule has 0 spiro atoms. The molecule has 0 aliphatic heterocycles. The Bertz CT molecular complexity index is 878. The van der Waals surface area contributed by atoms with Crippen LogP contribution in [-0.2, 0) is 14.3 Å². The summed E-state index contributed by atoms with van der Waals surface area (Å²) in [5, 5.41) is 23.1. The van der Waals surface area contributed by atoms with Crippen molar-refractivity contribution in [2.24, 2.45) is 0 Å². The summed E-state index contributed by atoms with van der Waals surface area (Å²) in [7, 11) is 0. The maximum absolute atomic E-state index is 12.4. The largest absolute Gasteiger partial charge is 0.466 e. The molecule has 0 saturated carbocycles. The maximum Gasteiger partial charge on any atom is 0.305 e. The van der Waals surface area contributed by atoms with Gasteiger partial charge in [-0.3, -0.25) is 9.59 Å². The zero-order valence-electron chi connectivity index (χ0n) is 39.7. The zero-order valence-corrected chi connectivity index (χ0v) is 39.7. The minimum atomic E-state index is -0.670. The Morgan fingerprint density at radius 1 is 0.458 bits per heavy atom. The molecule has 0 aromatic heterocycles. The van der Waals surface area contributed by atoms with E-state index >= 15 is 0 Å². The van der Waals surface area contributed by atoms with Crippen LogP contribution in [0.1, 0.15) is 290 Å². The number of ether oxygens (including phenoxy) is 1. The fourth-order valence-corrected chi connectivity index (χ4v) is 8.22. The lowest BCUT2D eigenvalue weighted by molar-refractivity contribution is -0.143. The molecule has 2 unspecified atom stereocenters. The van der Waals surface area contributed by atoms with Gasteiger partial charge < -0.3 is 20.3 Å². The number of allylic oxidation sites excluding steroid dienone is 2. The van der Waals surface area contributed by atoms with Crippen LogP contribution in [0.4, 0.5) is 0 Å². The number of aliphatic hydroxyl groups excluding tert-OH is 2. The number of rotatable bonds is 49. The number of aliphatic hydroxyl groups is 2. The summed E-state index contributed by atoms with van der Waals surface area (Å²) in [6, 6.07) is -0.548. The Labute approximate surface area is 368 Å². The Morgan fingerprint density at radius 3 is 1.20 bits per heavy atom. The van der Waals surface area contributed by atoms with E-state index < -0.39 is 12.1 Å². The van der Waals surface area contributed by atoms with Crippen LogP contribution in [0.3, 0.4) is 0 Å². The first-order valence-corrected chi connectivity index (χ1v) is 26.4. The molecule has 59 heavy (non-hydrogen) atoms. The lowest BCUT2D eigenvalue weighted by Gasteiger charge is -2.22. The van der Waals surface area contributed by atoms with Gasteiger partial charge in [-0.25, -0.2) is 0 Å². The van der Waals surface area contributed by atoms with Crippen molar-refractivity contribution in [3.05, 3.63) is 12.2 Å². The minimum Gasteiger partial charge on any atom is -0.466 e. The highest BCUT2D eigenvalue weighted by molar-refractivity contribution is 5.76. The molecule has 3 N–H and O–H groups in total. The Hall–Kier alpha value is -1.40. The molecule has 1 amide bonds. The first kappa shape index (κ1) is 57.6. The van der Waals surface area contributed by atoms with E-state index in [-0.39, 0.29) is 18.5 Å². The summed E-state index contributed by atoms with van der Waals surface area (Å²) in [6.07, 6.45) is 56.1. The van der Waals surface area contributed by atoms with Crippen LogP contribution in [0, 0.1) is 0 Å². The van der Waals surface area contributed by atoms with E-state index in [1.807, 2.05) is 0 Å². The van der Waals surface area contributed by atoms with E-state index in [1.165, 1.54) is 205 Å². The Morgan fingerprint density at radius 2 is 0.797 bits per heavy atom. The molecule has 0 bridgehead atoms. The lowest BCUT2D eigenvalue weighted by atomic mass is 10.0. The molecule has 0 fully saturated rings. The van der Waals surface area contributed by atoms with E-state index in [0.29, 0.717) is 25.9 Å². The smallest absolute Gasteiger partial charge is 0.305 e. The zero-order chi connectivity index (χ0) is 43.0. The average Bonchev–Trinajstić information content (AvgIpc) is 3.24. The average molecular weight is 834 g/mol. The summed E-state index contributed by atoms with van der Waals surface area (Å²) in [4.78, 5) is 24.5. The van der Waals surface area contributed by atoms with Gasteiger partial charge in [-0.05, 0) is 51.4 Å². The van der Waals surface area contributed by atoms with Crippen LogP contribution in [0.5, 0.6) is 0 Å². The fraction of sp³-hybridized carbons (Fsp3) is 0.925. The van der Waals surface area contributed by atoms with E-state index in [4.69, 9.17) is 4.74 Å². The van der Waals surface area contributed by atoms with Gasteiger partial charge in [0.25, 0.3) is 0 Å². The molecule has 350 valence electrons. The minimum absolute atomic E-state index is 0.00586. The van der Waals surface area contributed by atoms with Gasteiger partial charge in [0.05, 0.1) is 25.4 Å². The number of hydrogen-bond acceptors (Lipinski definition) is 5. The maximum atomic E-state index is 12.4. The number of nitrogens with one attached hydrogen (secondary N) is 1. The van der Waals surface area contributed by atoms with Crippen molar-refractivity contribution in [1.82, 2.24) is 5.32 Å². The predicted molar refractivity (Wildman–Crippen MR) is 255 cm³/mol. The molecular formula is C53H103NO5. The van der Waals surface area contributed by atoms with Gasteiger partial charge in [-0.2, -0.15) is 0 Å². The van der Waals surface area contributed by atoms with E-state index in [2.05, 4.69) is 31.3 Å². The third-order valence-electron chi connectivity index (χ3n) is 12.3. The van der Waals surface area contributed by atoms with E-state index in [0.717, 1.165) is 51.4 Å². The normalized spacial score (nSPS) is 12.7. The van der Waals surface area contributed by atoms with Crippen LogP contribution < -0.4 is 5.32 Å². The number of hydrogen-bond donors (Lipinski definition) is 3. The van der Waals surface area contributed by atoms with Crippen LogP contribution in [0.2, 0.25) is 0 Å². The van der Waals surface area contributed by atoms with Crippen LogP contribution in [0.15, 0.2) is 12.2 Å². The molecule has 0 aliphatic rings. The van der Waals surface area contributed by atoms with Gasteiger partial charge in [0, 0.05) is 12.8 Å². The molecule has 0 aromatic rings. The summed E-state index contributed by atoms with van der Waals surface area (Å²) < 4.78 is 5.48. The van der Waals surface area contributed by atoms with Gasteiger partial charge in [-0.1, -0.05) is 238 Å². The molecular weight excluding hydrogens is 731 g/mol. The number of unbranched alkanes of at least 4 members (excludes halogenated alkanes) is 36. The molecule has 0 radical (unpaired) electrons. The molecule has 0 rings (SSSR count). The standard InChI is InChI=1S/C53H103NO5/c1-3-5-7-9-11-13-15-16-17-18-19-20-21-24-27-31-35-39-43-47-53(58)59-48-44-40-36-32-28-25-22-23-26-30-34-38-42-46-52(57)54-50(49-55)51(56)45-41-37-33-29-14-12-10-8-6-4-2/h16-17,50-51,55-56H,3-15,18-49H2,1-2H3,(H,54,57)/b17-16-. The third kappa shape index (κ3) is 45.9. The number of carbonyl (C=O) groups excluding carboxylic acids is 2. The molecule has 6 heteroatoms. The van der Waals surface area contributed by atoms with Gasteiger partial charge in [0.2, 0.25) is 5.91 Å². The highest BCUT2D eigenvalue weighted by Crippen LogP contribution is 2.16. The van der Waals surface area contributed by atoms with Gasteiger partial charge >= 0.3 is 5.97 Å². The highest BCUT2D eigenvalue weighted by Gasteiger charge is 2.20. The van der Waals surface area contributed by atoms with E-state index in [1.54, 1.807) is 0 Å². The monoisotopic (exact) mass is 834 g/mol. The molecule has 0 heterocycles. The second-order valence-corrected chi connectivity index (χ2v) is 18.2. The van der Waals surface area contributed by atoms with E-state index in [9.17, 15) is 19.8 Å². The second-order valence-electron chi connectivity index (χ2n) is 18.2. The van der Waals surface area contributed by atoms with Crippen LogP contribution in [-0.4, -0.2) is 47.4 Å². The van der Waals surface area contributed by atoms with Crippen molar-refractivity contribution in [2.75, 3.05) is 13.2 Å². The van der Waals surface area contributed by atoms with Crippen LogP contribution >= 0.6 is 0 Å². The number of carbonyl (C=O) groups is 2. The van der Waals surface area contributed by atoms with Crippen molar-refractivity contribution in [3.8, 4) is 0 Å². The first-order chi connectivity index (χ1) is 29.0. The van der Waals surface area contributed by atoms with Crippen LogP contribution in [0.25, 0.3) is 0 Å². The Kier molecular flexibility index (Phi) is 48.1. The molecule has 2 atom stereocenters. The second kappa shape index (κ2) is 49.3. The van der Waals surface area contributed by atoms with Crippen molar-refractivity contribution < 1.29 is 24.5 Å². The Balaban J connectivity index is 3.40. The summed E-state index contributed by atoms with van der Waals surface area (Å²) in [5.41, 5.74) is 0. The molecule has 0 aromatic carbocycles. The molecule has 0 saturated heterocycles. The van der Waals surface area contributed by atoms with Gasteiger partial charge in [-0.15, -0.1) is 0 Å². The quantitative estimate of drug-likeness (QED) is 0.0322. The third-order valence-corrected chi connectivity index (χ3v) is 12.3.